The molecule has 1 atom stereocenters. The van der Waals surface area contributed by atoms with Crippen molar-refractivity contribution in [2.24, 2.45) is 0 Å². The lowest BCUT2D eigenvalue weighted by atomic mass is 9.69. The van der Waals surface area contributed by atoms with Crippen LogP contribution in [0.4, 0.5) is 8.78 Å². The van der Waals surface area contributed by atoms with Crippen molar-refractivity contribution in [2.75, 3.05) is 0 Å². The van der Waals surface area contributed by atoms with E-state index in [-0.39, 0.29) is 29.6 Å². The minimum atomic E-state index is -2.97. The Hall–Kier alpha value is -2.95. The number of aryl methyl sites for hydroxylation is 1. The SMILES string of the molecule is N#CC1(c2ccc(OC(F)F)c(OC3CCCCC3)c2)CCc2nc[nH]c(=O)c2C1. The molecule has 30 heavy (non-hydrogen) atoms. The van der Waals surface area contributed by atoms with Crippen LogP contribution in [0.2, 0.25) is 0 Å². The first kappa shape index (κ1) is 20.3. The smallest absolute Gasteiger partial charge is 0.387 e. The first-order valence-electron chi connectivity index (χ1n) is 10.2. The summed E-state index contributed by atoms with van der Waals surface area (Å²) in [6.45, 7) is -2.97. The van der Waals surface area contributed by atoms with E-state index >= 15 is 0 Å². The molecule has 1 saturated carbocycles. The summed E-state index contributed by atoms with van der Waals surface area (Å²) in [7, 11) is 0. The van der Waals surface area contributed by atoms with E-state index in [9.17, 15) is 18.8 Å². The predicted molar refractivity (Wildman–Crippen MR) is 105 cm³/mol. The van der Waals surface area contributed by atoms with Gasteiger partial charge in [-0.25, -0.2) is 4.98 Å². The third-order valence-corrected chi connectivity index (χ3v) is 6.08. The van der Waals surface area contributed by atoms with Gasteiger partial charge in [-0.05, 0) is 56.2 Å². The Kier molecular flexibility index (Phi) is 5.71. The molecule has 4 rings (SSSR count). The second-order valence-corrected chi connectivity index (χ2v) is 7.95. The minimum Gasteiger partial charge on any atom is -0.487 e. The summed E-state index contributed by atoms with van der Waals surface area (Å²) in [4.78, 5) is 19.1. The number of ether oxygens (including phenoxy) is 2. The summed E-state index contributed by atoms with van der Waals surface area (Å²) in [6, 6.07) is 7.05. The average molecular weight is 415 g/mol. The van der Waals surface area contributed by atoms with Gasteiger partial charge in [0.25, 0.3) is 5.56 Å². The number of nitrogens with one attached hydrogen (secondary N) is 1. The fourth-order valence-electron chi connectivity index (χ4n) is 4.44. The molecule has 0 spiro atoms. The van der Waals surface area contributed by atoms with Crippen molar-refractivity contribution >= 4 is 0 Å². The number of rotatable bonds is 5. The molecule has 0 aliphatic heterocycles. The van der Waals surface area contributed by atoms with Crippen molar-refractivity contribution in [3.8, 4) is 17.6 Å². The molecular formula is C22H23F2N3O3. The standard InChI is InChI=1S/C22H23F2N3O3/c23-21(24)30-18-7-6-14(10-19(18)29-15-4-2-1-3-5-15)22(12-25)9-8-17-16(11-22)20(28)27-13-26-17/h6-7,10,13,15,21H,1-5,8-9,11H2,(H,26,27,28). The molecule has 2 aliphatic carbocycles. The van der Waals surface area contributed by atoms with Gasteiger partial charge in [-0.2, -0.15) is 14.0 Å². The van der Waals surface area contributed by atoms with Crippen molar-refractivity contribution in [1.29, 1.82) is 5.26 Å². The minimum absolute atomic E-state index is 0.0388. The van der Waals surface area contributed by atoms with E-state index in [1.54, 1.807) is 12.1 Å². The lowest BCUT2D eigenvalue weighted by Crippen LogP contribution is -2.36. The lowest BCUT2D eigenvalue weighted by molar-refractivity contribution is -0.0523. The van der Waals surface area contributed by atoms with Crippen LogP contribution in [-0.4, -0.2) is 22.7 Å². The Balaban J connectivity index is 1.70. The maximum absolute atomic E-state index is 12.9. The van der Waals surface area contributed by atoms with Crippen LogP contribution in [0.25, 0.3) is 0 Å². The second kappa shape index (κ2) is 8.42. The van der Waals surface area contributed by atoms with Crippen molar-refractivity contribution < 1.29 is 18.3 Å². The van der Waals surface area contributed by atoms with Crippen LogP contribution >= 0.6 is 0 Å². The highest BCUT2D eigenvalue weighted by Crippen LogP contribution is 2.41. The number of nitrogens with zero attached hydrogens (tertiary/aromatic N) is 2. The third-order valence-electron chi connectivity index (χ3n) is 6.08. The average Bonchev–Trinajstić information content (AvgIpc) is 2.75. The maximum atomic E-state index is 12.9. The number of alkyl halides is 2. The number of benzene rings is 1. The van der Waals surface area contributed by atoms with E-state index in [1.165, 1.54) is 12.4 Å². The van der Waals surface area contributed by atoms with Gasteiger partial charge in [0.2, 0.25) is 0 Å². The number of hydrogen-bond acceptors (Lipinski definition) is 5. The van der Waals surface area contributed by atoms with Gasteiger partial charge < -0.3 is 14.5 Å². The van der Waals surface area contributed by atoms with Crippen LogP contribution in [0.3, 0.4) is 0 Å². The van der Waals surface area contributed by atoms with Crippen molar-refractivity contribution in [2.45, 2.75) is 69.5 Å². The molecule has 1 fully saturated rings. The van der Waals surface area contributed by atoms with E-state index in [0.29, 0.717) is 29.7 Å². The lowest BCUT2D eigenvalue weighted by Gasteiger charge is -2.32. The molecule has 1 unspecified atom stereocenters. The third kappa shape index (κ3) is 4.02. The molecule has 1 heterocycles. The van der Waals surface area contributed by atoms with Crippen molar-refractivity contribution in [1.82, 2.24) is 9.97 Å². The number of aromatic amines is 1. The molecule has 6 nitrogen and oxygen atoms in total. The molecule has 8 heteroatoms. The summed E-state index contributed by atoms with van der Waals surface area (Å²) in [5.74, 6) is 0.184. The summed E-state index contributed by atoms with van der Waals surface area (Å²) < 4.78 is 36.5. The maximum Gasteiger partial charge on any atom is 0.387 e. The zero-order valence-electron chi connectivity index (χ0n) is 16.5. The van der Waals surface area contributed by atoms with Gasteiger partial charge in [0, 0.05) is 12.0 Å². The molecular weight excluding hydrogens is 392 g/mol. The first-order chi connectivity index (χ1) is 14.5. The first-order valence-corrected chi connectivity index (χ1v) is 10.2. The highest BCUT2D eigenvalue weighted by molar-refractivity contribution is 5.49. The Morgan fingerprint density at radius 3 is 2.77 bits per heavy atom. The van der Waals surface area contributed by atoms with Crippen LogP contribution < -0.4 is 15.0 Å². The van der Waals surface area contributed by atoms with Crippen LogP contribution in [-0.2, 0) is 18.3 Å². The number of H-pyrrole nitrogens is 1. The van der Waals surface area contributed by atoms with E-state index in [4.69, 9.17) is 4.74 Å². The molecule has 0 saturated heterocycles. The zero-order valence-corrected chi connectivity index (χ0v) is 16.5. The Morgan fingerprint density at radius 2 is 2.03 bits per heavy atom. The van der Waals surface area contributed by atoms with Crippen molar-refractivity contribution in [3.63, 3.8) is 0 Å². The van der Waals surface area contributed by atoms with E-state index < -0.39 is 12.0 Å². The van der Waals surface area contributed by atoms with Crippen LogP contribution in [0.15, 0.2) is 29.3 Å². The van der Waals surface area contributed by atoms with Gasteiger partial charge in [0.1, 0.15) is 0 Å². The number of halogens is 2. The number of fused-ring (bicyclic) bond motifs is 1. The normalized spacial score (nSPS) is 21.7. The summed E-state index contributed by atoms with van der Waals surface area (Å²) in [6.07, 6.45) is 7.39. The topological polar surface area (TPSA) is 88.0 Å². The largest absolute Gasteiger partial charge is 0.487 e. The van der Waals surface area contributed by atoms with Crippen molar-refractivity contribution in [3.05, 3.63) is 51.7 Å². The van der Waals surface area contributed by atoms with E-state index in [1.807, 2.05) is 0 Å². The molecule has 158 valence electrons. The molecule has 0 amide bonds. The molecule has 1 N–H and O–H groups in total. The van der Waals surface area contributed by atoms with Crippen LogP contribution in [0.1, 0.15) is 55.3 Å². The number of aromatic nitrogens is 2. The molecule has 2 aliphatic rings. The summed E-state index contributed by atoms with van der Waals surface area (Å²) >= 11 is 0. The monoisotopic (exact) mass is 415 g/mol. The highest BCUT2D eigenvalue weighted by atomic mass is 19.3. The molecule has 0 radical (unpaired) electrons. The van der Waals surface area contributed by atoms with Gasteiger partial charge in [-0.15, -0.1) is 0 Å². The Morgan fingerprint density at radius 1 is 1.23 bits per heavy atom. The molecule has 0 bridgehead atoms. The summed E-state index contributed by atoms with van der Waals surface area (Å²) in [5.41, 5.74) is 0.604. The number of nitriles is 1. The van der Waals surface area contributed by atoms with E-state index in [0.717, 1.165) is 32.1 Å². The Bertz CT molecular complexity index is 1010. The zero-order chi connectivity index (χ0) is 21.1. The molecule has 1 aromatic heterocycles. The molecule has 2 aromatic rings. The van der Waals surface area contributed by atoms with Gasteiger partial charge in [0.05, 0.1) is 29.6 Å². The Labute approximate surface area is 172 Å². The van der Waals surface area contributed by atoms with Crippen LogP contribution in [0.5, 0.6) is 11.5 Å². The summed E-state index contributed by atoms with van der Waals surface area (Å²) in [5, 5.41) is 10.1. The highest BCUT2D eigenvalue weighted by Gasteiger charge is 2.39. The predicted octanol–water partition coefficient (Wildman–Crippen LogP) is 4.03. The van der Waals surface area contributed by atoms with E-state index in [2.05, 4.69) is 20.8 Å². The fraction of sp³-hybridized carbons (Fsp3) is 0.500. The van der Waals surface area contributed by atoms with Gasteiger partial charge >= 0.3 is 6.61 Å². The quantitative estimate of drug-likeness (QED) is 0.797. The number of hydrogen-bond donors (Lipinski definition) is 1. The molecule has 1 aromatic carbocycles. The van der Waals surface area contributed by atoms with Crippen LogP contribution in [0, 0.1) is 11.3 Å². The van der Waals surface area contributed by atoms with Gasteiger partial charge in [-0.3, -0.25) is 4.79 Å². The van der Waals surface area contributed by atoms with Gasteiger partial charge in [0.15, 0.2) is 11.5 Å². The fourth-order valence-corrected chi connectivity index (χ4v) is 4.44. The van der Waals surface area contributed by atoms with Gasteiger partial charge in [-0.1, -0.05) is 12.5 Å². The second-order valence-electron chi connectivity index (χ2n) is 7.95.